The van der Waals surface area contributed by atoms with Crippen LogP contribution in [-0.2, 0) is 9.53 Å². The Morgan fingerprint density at radius 3 is 2.73 bits per heavy atom. The van der Waals surface area contributed by atoms with Crippen LogP contribution in [0.25, 0.3) is 0 Å². The molecule has 0 spiro atoms. The minimum absolute atomic E-state index is 0.0175. The summed E-state index contributed by atoms with van der Waals surface area (Å²) in [4.78, 5) is 11.7. The molecular weight excluding hydrogens is 192 g/mol. The van der Waals surface area contributed by atoms with E-state index >= 15 is 0 Å². The first-order valence-corrected chi connectivity index (χ1v) is 5.67. The summed E-state index contributed by atoms with van der Waals surface area (Å²) in [6.45, 7) is 7.36. The lowest BCUT2D eigenvalue weighted by atomic mass is 10.0. The molecule has 1 aliphatic heterocycles. The van der Waals surface area contributed by atoms with E-state index in [1.807, 2.05) is 20.8 Å². The number of hydrogen-bond donors (Lipinski definition) is 2. The van der Waals surface area contributed by atoms with Crippen LogP contribution in [0.5, 0.6) is 0 Å². The van der Waals surface area contributed by atoms with Gasteiger partial charge in [-0.15, -0.1) is 0 Å². The fraction of sp³-hybridized carbons (Fsp3) is 0.909. The van der Waals surface area contributed by atoms with E-state index in [-0.39, 0.29) is 18.1 Å². The molecule has 3 atom stereocenters. The lowest BCUT2D eigenvalue weighted by Crippen LogP contribution is -2.45. The number of rotatable bonds is 4. The van der Waals surface area contributed by atoms with Crippen molar-refractivity contribution in [3.63, 3.8) is 0 Å². The fourth-order valence-electron chi connectivity index (χ4n) is 1.59. The maximum Gasteiger partial charge on any atom is 0.249 e. The molecule has 0 aliphatic carbocycles. The highest BCUT2D eigenvalue weighted by atomic mass is 16.5. The third-order valence-electron chi connectivity index (χ3n) is 3.01. The molecule has 0 aromatic carbocycles. The van der Waals surface area contributed by atoms with E-state index in [1.165, 1.54) is 0 Å². The van der Waals surface area contributed by atoms with Crippen molar-refractivity contribution in [3.05, 3.63) is 0 Å². The number of ether oxygens (including phenoxy) is 1. The van der Waals surface area contributed by atoms with Gasteiger partial charge in [-0.05, 0) is 18.3 Å². The van der Waals surface area contributed by atoms with Crippen molar-refractivity contribution in [2.75, 3.05) is 13.2 Å². The first-order valence-electron chi connectivity index (χ1n) is 5.67. The highest BCUT2D eigenvalue weighted by Crippen LogP contribution is 2.19. The van der Waals surface area contributed by atoms with Crippen LogP contribution in [-0.4, -0.2) is 31.2 Å². The molecule has 1 saturated heterocycles. The maximum atomic E-state index is 11.7. The zero-order chi connectivity index (χ0) is 11.4. The van der Waals surface area contributed by atoms with Crippen molar-refractivity contribution in [2.45, 2.75) is 39.3 Å². The Labute approximate surface area is 91.5 Å². The van der Waals surface area contributed by atoms with E-state index in [4.69, 9.17) is 10.5 Å². The summed E-state index contributed by atoms with van der Waals surface area (Å²) in [5.41, 5.74) is 5.84. The monoisotopic (exact) mass is 214 g/mol. The minimum Gasteiger partial charge on any atom is -0.368 e. The molecule has 1 amide bonds. The summed E-state index contributed by atoms with van der Waals surface area (Å²) in [7, 11) is 0. The van der Waals surface area contributed by atoms with Crippen LogP contribution in [0.2, 0.25) is 0 Å². The van der Waals surface area contributed by atoms with Gasteiger partial charge < -0.3 is 15.8 Å². The smallest absolute Gasteiger partial charge is 0.249 e. The lowest BCUT2D eigenvalue weighted by molar-refractivity contribution is -0.131. The van der Waals surface area contributed by atoms with Crippen molar-refractivity contribution in [2.24, 2.45) is 17.6 Å². The van der Waals surface area contributed by atoms with Crippen molar-refractivity contribution in [1.82, 2.24) is 5.32 Å². The average molecular weight is 214 g/mol. The second-order valence-corrected chi connectivity index (χ2v) is 4.71. The van der Waals surface area contributed by atoms with E-state index < -0.39 is 0 Å². The van der Waals surface area contributed by atoms with Crippen molar-refractivity contribution in [1.29, 1.82) is 0 Å². The van der Waals surface area contributed by atoms with Gasteiger partial charge in [0.1, 0.15) is 6.10 Å². The number of carbonyl (C=O) groups is 1. The first-order chi connectivity index (χ1) is 7.02. The molecule has 88 valence electrons. The molecule has 0 bridgehead atoms. The Hall–Kier alpha value is -0.610. The molecule has 1 aliphatic rings. The molecule has 1 rings (SSSR count). The Balaban J connectivity index is 2.29. The fourth-order valence-corrected chi connectivity index (χ4v) is 1.59. The van der Waals surface area contributed by atoms with E-state index in [9.17, 15) is 4.79 Å². The van der Waals surface area contributed by atoms with Gasteiger partial charge in [0.15, 0.2) is 0 Å². The molecular formula is C11H22N2O2. The SMILES string of the molecule is CC(C)C(N)CNC(=O)C1OCCC1C. The van der Waals surface area contributed by atoms with Crippen LogP contribution < -0.4 is 11.1 Å². The van der Waals surface area contributed by atoms with E-state index in [2.05, 4.69) is 5.32 Å². The number of nitrogens with one attached hydrogen (secondary N) is 1. The van der Waals surface area contributed by atoms with Gasteiger partial charge in [0.2, 0.25) is 5.91 Å². The van der Waals surface area contributed by atoms with Gasteiger partial charge in [0.05, 0.1) is 0 Å². The second kappa shape index (κ2) is 5.47. The van der Waals surface area contributed by atoms with E-state index in [1.54, 1.807) is 0 Å². The van der Waals surface area contributed by atoms with Crippen LogP contribution in [0, 0.1) is 11.8 Å². The first kappa shape index (κ1) is 12.5. The highest BCUT2D eigenvalue weighted by Gasteiger charge is 2.30. The van der Waals surface area contributed by atoms with Gasteiger partial charge in [-0.1, -0.05) is 20.8 Å². The van der Waals surface area contributed by atoms with Crippen LogP contribution in [0.3, 0.4) is 0 Å². The number of carbonyl (C=O) groups excluding carboxylic acids is 1. The Bertz CT molecular complexity index is 219. The molecule has 0 radical (unpaired) electrons. The molecule has 4 nitrogen and oxygen atoms in total. The molecule has 1 heterocycles. The topological polar surface area (TPSA) is 64.3 Å². The maximum absolute atomic E-state index is 11.7. The van der Waals surface area contributed by atoms with Crippen molar-refractivity contribution in [3.8, 4) is 0 Å². The zero-order valence-electron chi connectivity index (χ0n) is 9.82. The number of nitrogens with two attached hydrogens (primary N) is 1. The molecule has 1 fully saturated rings. The summed E-state index contributed by atoms with van der Waals surface area (Å²) < 4.78 is 5.37. The standard InChI is InChI=1S/C11H22N2O2/c1-7(2)9(12)6-13-11(14)10-8(3)4-5-15-10/h7-10H,4-6,12H2,1-3H3,(H,13,14). The molecule has 0 saturated carbocycles. The molecule has 3 N–H and O–H groups in total. The zero-order valence-corrected chi connectivity index (χ0v) is 9.82. The normalized spacial score (nSPS) is 28.1. The summed E-state index contributed by atoms with van der Waals surface area (Å²) >= 11 is 0. The molecule has 3 unspecified atom stereocenters. The third kappa shape index (κ3) is 3.47. The second-order valence-electron chi connectivity index (χ2n) is 4.71. The molecule has 15 heavy (non-hydrogen) atoms. The lowest BCUT2D eigenvalue weighted by Gasteiger charge is -2.19. The Morgan fingerprint density at radius 2 is 2.27 bits per heavy atom. The highest BCUT2D eigenvalue weighted by molar-refractivity contribution is 5.81. The van der Waals surface area contributed by atoms with Gasteiger partial charge >= 0.3 is 0 Å². The van der Waals surface area contributed by atoms with Gasteiger partial charge in [-0.25, -0.2) is 0 Å². The van der Waals surface area contributed by atoms with Gasteiger partial charge in [-0.2, -0.15) is 0 Å². The Kier molecular flexibility index (Phi) is 4.54. The largest absolute Gasteiger partial charge is 0.368 e. The van der Waals surface area contributed by atoms with Gasteiger partial charge in [0, 0.05) is 19.2 Å². The van der Waals surface area contributed by atoms with E-state index in [0.717, 1.165) is 6.42 Å². The summed E-state index contributed by atoms with van der Waals surface area (Å²) in [5, 5.41) is 2.85. The van der Waals surface area contributed by atoms with Crippen LogP contribution >= 0.6 is 0 Å². The Morgan fingerprint density at radius 1 is 1.60 bits per heavy atom. The van der Waals surface area contributed by atoms with Crippen LogP contribution in [0.1, 0.15) is 27.2 Å². The van der Waals surface area contributed by atoms with Crippen LogP contribution in [0.4, 0.5) is 0 Å². The summed E-state index contributed by atoms with van der Waals surface area (Å²) in [6.07, 6.45) is 0.693. The number of amides is 1. The number of hydrogen-bond acceptors (Lipinski definition) is 3. The minimum atomic E-state index is -0.274. The van der Waals surface area contributed by atoms with E-state index in [0.29, 0.717) is 25.0 Å². The van der Waals surface area contributed by atoms with Crippen molar-refractivity contribution < 1.29 is 9.53 Å². The van der Waals surface area contributed by atoms with Crippen molar-refractivity contribution >= 4 is 5.91 Å². The molecule has 0 aromatic rings. The average Bonchev–Trinajstić information content (AvgIpc) is 2.60. The molecule has 4 heteroatoms. The summed E-state index contributed by atoms with van der Waals surface area (Å²) in [5.74, 6) is 0.684. The van der Waals surface area contributed by atoms with Crippen LogP contribution in [0.15, 0.2) is 0 Å². The van der Waals surface area contributed by atoms with Gasteiger partial charge in [-0.3, -0.25) is 4.79 Å². The predicted molar refractivity (Wildman–Crippen MR) is 59.3 cm³/mol. The predicted octanol–water partition coefficient (Wildman–Crippen LogP) is 0.511. The third-order valence-corrected chi connectivity index (χ3v) is 3.01. The summed E-state index contributed by atoms with van der Waals surface area (Å²) in [6, 6.07) is 0.0191. The molecule has 0 aromatic heterocycles. The quantitative estimate of drug-likeness (QED) is 0.716. The van der Waals surface area contributed by atoms with Gasteiger partial charge in [0.25, 0.3) is 0 Å².